The quantitative estimate of drug-likeness (QED) is 0.844. The first kappa shape index (κ1) is 16.3. The summed E-state index contributed by atoms with van der Waals surface area (Å²) in [6.45, 7) is 1.57. The van der Waals surface area contributed by atoms with Crippen LogP contribution in [0.5, 0.6) is 0 Å². The second-order valence-electron chi connectivity index (χ2n) is 4.32. The van der Waals surface area contributed by atoms with Crippen molar-refractivity contribution in [3.05, 3.63) is 22.7 Å². The number of halogens is 1. The van der Waals surface area contributed by atoms with Crippen LogP contribution in [0.1, 0.15) is 12.5 Å². The zero-order valence-corrected chi connectivity index (χ0v) is 13.2. The molecule has 1 aromatic rings. The summed E-state index contributed by atoms with van der Waals surface area (Å²) in [5.41, 5.74) is 0.609. The van der Waals surface area contributed by atoms with Gasteiger partial charge in [-0.1, -0.05) is 18.5 Å². The van der Waals surface area contributed by atoms with Gasteiger partial charge in [0.1, 0.15) is 0 Å². The van der Waals surface area contributed by atoms with Crippen molar-refractivity contribution in [2.45, 2.75) is 23.1 Å². The lowest BCUT2D eigenvalue weighted by Crippen LogP contribution is -2.13. The van der Waals surface area contributed by atoms with Crippen LogP contribution < -0.4 is 0 Å². The van der Waals surface area contributed by atoms with Crippen LogP contribution in [0.15, 0.2) is 21.9 Å². The van der Waals surface area contributed by atoms with Crippen molar-refractivity contribution in [1.29, 1.82) is 0 Å². The predicted molar refractivity (Wildman–Crippen MR) is 76.8 cm³/mol. The molecule has 1 N–H and O–H groups in total. The first-order valence-corrected chi connectivity index (χ1v) is 8.95. The van der Waals surface area contributed by atoms with E-state index in [1.165, 1.54) is 17.8 Å². The van der Waals surface area contributed by atoms with Crippen molar-refractivity contribution < 1.29 is 18.3 Å². The van der Waals surface area contributed by atoms with Crippen LogP contribution in [-0.2, 0) is 21.1 Å². The van der Waals surface area contributed by atoms with Gasteiger partial charge >= 0.3 is 5.97 Å². The molecule has 0 aliphatic heterocycles. The van der Waals surface area contributed by atoms with E-state index in [4.69, 9.17) is 16.7 Å². The topological polar surface area (TPSA) is 71.4 Å². The largest absolute Gasteiger partial charge is 0.481 e. The summed E-state index contributed by atoms with van der Waals surface area (Å²) >= 11 is 7.33. The van der Waals surface area contributed by atoms with Crippen LogP contribution in [0.2, 0.25) is 5.02 Å². The van der Waals surface area contributed by atoms with E-state index < -0.39 is 21.7 Å². The van der Waals surface area contributed by atoms with Gasteiger partial charge in [0.2, 0.25) is 0 Å². The third-order valence-corrected chi connectivity index (χ3v) is 5.14. The number of hydrogen-bond donors (Lipinski definition) is 1. The van der Waals surface area contributed by atoms with Crippen LogP contribution in [0.25, 0.3) is 0 Å². The van der Waals surface area contributed by atoms with E-state index in [1.807, 2.05) is 0 Å². The van der Waals surface area contributed by atoms with Crippen molar-refractivity contribution in [2.24, 2.45) is 5.92 Å². The summed E-state index contributed by atoms with van der Waals surface area (Å²) in [6.07, 6.45) is 3.10. The average Bonchev–Trinajstić information content (AvgIpc) is 2.26. The maximum Gasteiger partial charge on any atom is 0.306 e. The van der Waals surface area contributed by atoms with Crippen molar-refractivity contribution in [2.75, 3.05) is 12.5 Å². The standard InChI is InChI=1S/C12H15ClO4S2/c1-7(12(14)15)4-8-5-9(13)11(18-2)10(6-8)19(3,16)17/h5-7H,4H2,1-3H3,(H,14,15). The number of rotatable bonds is 5. The highest BCUT2D eigenvalue weighted by Gasteiger charge is 2.19. The van der Waals surface area contributed by atoms with Crippen LogP contribution in [0.4, 0.5) is 0 Å². The van der Waals surface area contributed by atoms with E-state index >= 15 is 0 Å². The highest BCUT2D eigenvalue weighted by molar-refractivity contribution is 7.99. The SMILES string of the molecule is CSc1c(Cl)cc(CC(C)C(=O)O)cc1S(C)(=O)=O. The zero-order valence-electron chi connectivity index (χ0n) is 10.8. The number of aliphatic carboxylic acids is 1. The van der Waals surface area contributed by atoms with Gasteiger partial charge in [0, 0.05) is 11.2 Å². The maximum atomic E-state index is 11.7. The number of carboxylic acids is 1. The first-order chi connectivity index (χ1) is 8.66. The van der Waals surface area contributed by atoms with E-state index in [9.17, 15) is 13.2 Å². The number of thioether (sulfide) groups is 1. The molecule has 0 bridgehead atoms. The molecule has 0 heterocycles. The Morgan fingerprint density at radius 2 is 2.05 bits per heavy atom. The predicted octanol–water partition coefficient (Wildman–Crippen LogP) is 2.73. The number of carbonyl (C=O) groups is 1. The lowest BCUT2D eigenvalue weighted by molar-refractivity contribution is -0.141. The fourth-order valence-corrected chi connectivity index (χ4v) is 4.21. The minimum absolute atomic E-state index is 0.153. The minimum atomic E-state index is -3.40. The maximum absolute atomic E-state index is 11.7. The molecule has 7 heteroatoms. The Bertz CT molecular complexity index is 596. The van der Waals surface area contributed by atoms with E-state index in [1.54, 1.807) is 19.2 Å². The number of carboxylic acid groups (broad SMARTS) is 1. The second-order valence-corrected chi connectivity index (χ2v) is 7.53. The van der Waals surface area contributed by atoms with Crippen LogP contribution in [-0.4, -0.2) is 32.0 Å². The smallest absolute Gasteiger partial charge is 0.306 e. The van der Waals surface area contributed by atoms with E-state index in [0.717, 1.165) is 6.26 Å². The van der Waals surface area contributed by atoms with Crippen LogP contribution in [0.3, 0.4) is 0 Å². The average molecular weight is 323 g/mol. The summed E-state index contributed by atoms with van der Waals surface area (Å²) in [6, 6.07) is 3.13. The summed E-state index contributed by atoms with van der Waals surface area (Å²) < 4.78 is 23.5. The summed E-state index contributed by atoms with van der Waals surface area (Å²) in [5.74, 6) is -1.52. The Balaban J connectivity index is 3.32. The molecule has 0 saturated carbocycles. The van der Waals surface area contributed by atoms with Crippen LogP contribution in [0, 0.1) is 5.92 Å². The fourth-order valence-electron chi connectivity index (χ4n) is 1.65. The number of benzene rings is 1. The molecule has 0 aromatic heterocycles. The van der Waals surface area contributed by atoms with Crippen LogP contribution >= 0.6 is 23.4 Å². The zero-order chi connectivity index (χ0) is 14.8. The Hall–Kier alpha value is -0.720. The summed E-state index contributed by atoms with van der Waals surface area (Å²) in [7, 11) is -3.40. The molecular weight excluding hydrogens is 308 g/mol. The third kappa shape index (κ3) is 4.12. The van der Waals surface area contributed by atoms with Crippen molar-refractivity contribution >= 4 is 39.2 Å². The van der Waals surface area contributed by atoms with Crippen molar-refractivity contribution in [1.82, 2.24) is 0 Å². The summed E-state index contributed by atoms with van der Waals surface area (Å²) in [4.78, 5) is 11.5. The third-order valence-electron chi connectivity index (χ3n) is 2.64. The van der Waals surface area contributed by atoms with Gasteiger partial charge in [-0.3, -0.25) is 4.79 Å². The summed E-state index contributed by atoms with van der Waals surface area (Å²) in [5, 5.41) is 9.22. The Kier molecular flexibility index (Phi) is 5.29. The normalized spacial score (nSPS) is 13.3. The molecule has 106 valence electrons. The number of hydrogen-bond acceptors (Lipinski definition) is 4. The van der Waals surface area contributed by atoms with Gasteiger partial charge in [-0.25, -0.2) is 8.42 Å². The van der Waals surface area contributed by atoms with Crippen molar-refractivity contribution in [3.63, 3.8) is 0 Å². The highest BCUT2D eigenvalue weighted by Crippen LogP contribution is 2.34. The molecule has 0 aliphatic rings. The van der Waals surface area contributed by atoms with Gasteiger partial charge in [-0.15, -0.1) is 11.8 Å². The van der Waals surface area contributed by atoms with Gasteiger partial charge in [0.05, 0.1) is 15.8 Å². The first-order valence-electron chi connectivity index (χ1n) is 5.46. The minimum Gasteiger partial charge on any atom is -0.481 e. The van der Waals surface area contributed by atoms with Gasteiger partial charge in [0.15, 0.2) is 9.84 Å². The highest BCUT2D eigenvalue weighted by atomic mass is 35.5. The van der Waals surface area contributed by atoms with Gasteiger partial charge in [0.25, 0.3) is 0 Å². The second kappa shape index (κ2) is 6.15. The molecular formula is C12H15ClO4S2. The molecule has 1 aromatic carbocycles. The Morgan fingerprint density at radius 1 is 1.47 bits per heavy atom. The molecule has 0 aliphatic carbocycles. The molecule has 19 heavy (non-hydrogen) atoms. The van der Waals surface area contributed by atoms with E-state index in [2.05, 4.69) is 0 Å². The Labute approximate surface area is 122 Å². The molecule has 0 spiro atoms. The van der Waals surface area contributed by atoms with Gasteiger partial charge < -0.3 is 5.11 Å². The lowest BCUT2D eigenvalue weighted by Gasteiger charge is -2.12. The van der Waals surface area contributed by atoms with Gasteiger partial charge in [-0.2, -0.15) is 0 Å². The van der Waals surface area contributed by atoms with Gasteiger partial charge in [-0.05, 0) is 30.4 Å². The molecule has 1 unspecified atom stereocenters. The van der Waals surface area contributed by atoms with E-state index in [0.29, 0.717) is 15.5 Å². The lowest BCUT2D eigenvalue weighted by atomic mass is 10.0. The molecule has 0 fully saturated rings. The molecule has 1 atom stereocenters. The molecule has 4 nitrogen and oxygen atoms in total. The monoisotopic (exact) mass is 322 g/mol. The Morgan fingerprint density at radius 3 is 2.47 bits per heavy atom. The molecule has 1 rings (SSSR count). The molecule has 0 radical (unpaired) electrons. The molecule has 0 saturated heterocycles. The molecule has 0 amide bonds. The fraction of sp³-hybridized carbons (Fsp3) is 0.417. The number of sulfone groups is 1. The van der Waals surface area contributed by atoms with E-state index in [-0.39, 0.29) is 11.3 Å². The van der Waals surface area contributed by atoms with Crippen molar-refractivity contribution in [3.8, 4) is 0 Å².